The summed E-state index contributed by atoms with van der Waals surface area (Å²) in [4.78, 5) is 7.20. The van der Waals surface area contributed by atoms with Gasteiger partial charge >= 0.3 is 0 Å². The van der Waals surface area contributed by atoms with Crippen LogP contribution in [-0.2, 0) is 24.4 Å². The highest BCUT2D eigenvalue weighted by Gasteiger charge is 2.26. The first-order valence-corrected chi connectivity index (χ1v) is 9.30. The lowest BCUT2D eigenvalue weighted by Crippen LogP contribution is -2.33. The smallest absolute Gasteiger partial charge is 0.177 e. The number of fused-ring (bicyclic) bond motifs is 2. The number of imidazole rings is 1. The van der Waals surface area contributed by atoms with Crippen molar-refractivity contribution in [2.45, 2.75) is 45.4 Å². The Morgan fingerprint density at radius 3 is 2.88 bits per heavy atom. The van der Waals surface area contributed by atoms with E-state index < -0.39 is 0 Å². The summed E-state index contributed by atoms with van der Waals surface area (Å²) in [7, 11) is 0. The van der Waals surface area contributed by atoms with E-state index in [-0.39, 0.29) is 0 Å². The summed E-state index contributed by atoms with van der Waals surface area (Å²) in [5.74, 6) is 2.47. The number of ether oxygens (including phenoxy) is 1. The second-order valence-corrected chi connectivity index (χ2v) is 7.25. The molecular weight excluding hydrogens is 330 g/mol. The minimum atomic E-state index is 0.416. The van der Waals surface area contributed by atoms with E-state index in [1.165, 1.54) is 0 Å². The fourth-order valence-corrected chi connectivity index (χ4v) is 3.95. The molecule has 1 fully saturated rings. The zero-order valence-corrected chi connectivity index (χ0v) is 15.0. The number of likely N-dealkylation sites (tertiary alicyclic amines) is 1. The average molecular weight is 353 g/mol. The van der Waals surface area contributed by atoms with E-state index in [9.17, 15) is 0 Å². The van der Waals surface area contributed by atoms with Crippen molar-refractivity contribution in [1.82, 2.24) is 34.3 Å². The average Bonchev–Trinajstić information content (AvgIpc) is 3.25. The van der Waals surface area contributed by atoms with Crippen LogP contribution in [0.5, 0.6) is 0 Å². The Bertz CT molecular complexity index is 899. The highest BCUT2D eigenvalue weighted by atomic mass is 16.5. The Labute approximate surface area is 151 Å². The van der Waals surface area contributed by atoms with Crippen LogP contribution in [0.1, 0.15) is 41.8 Å². The maximum Gasteiger partial charge on any atom is 0.177 e. The third-order valence-corrected chi connectivity index (χ3v) is 5.38. The molecule has 3 aromatic heterocycles. The molecule has 1 saturated heterocycles. The molecule has 0 saturated carbocycles. The molecule has 0 atom stereocenters. The van der Waals surface area contributed by atoms with Crippen molar-refractivity contribution in [2.24, 2.45) is 0 Å². The van der Waals surface area contributed by atoms with Crippen molar-refractivity contribution >= 4 is 5.65 Å². The summed E-state index contributed by atoms with van der Waals surface area (Å²) in [6.07, 6.45) is 4.34. The maximum absolute atomic E-state index is 5.48. The van der Waals surface area contributed by atoms with Crippen LogP contribution >= 0.6 is 0 Å². The van der Waals surface area contributed by atoms with Crippen LogP contribution in [0.2, 0.25) is 0 Å². The maximum atomic E-state index is 5.48. The van der Waals surface area contributed by atoms with Gasteiger partial charge in [-0.05, 0) is 45.0 Å². The van der Waals surface area contributed by atoms with Crippen molar-refractivity contribution in [2.75, 3.05) is 19.7 Å². The molecule has 0 N–H and O–H groups in total. The van der Waals surface area contributed by atoms with Crippen LogP contribution in [0.4, 0.5) is 0 Å². The number of hydrogen-bond donors (Lipinski definition) is 0. The number of nitrogens with zero attached hydrogens (tertiary/aromatic N) is 7. The van der Waals surface area contributed by atoms with Gasteiger partial charge in [0.2, 0.25) is 0 Å². The first-order chi connectivity index (χ1) is 12.8. The Hall–Kier alpha value is -2.32. The molecule has 0 amide bonds. The lowest BCUT2D eigenvalue weighted by Gasteiger charge is -2.30. The molecule has 26 heavy (non-hydrogen) atoms. The molecule has 0 aromatic carbocycles. The zero-order valence-electron chi connectivity index (χ0n) is 15.0. The second kappa shape index (κ2) is 6.44. The van der Waals surface area contributed by atoms with E-state index in [1.807, 2.05) is 23.6 Å². The number of aromatic nitrogens is 6. The highest BCUT2D eigenvalue weighted by Crippen LogP contribution is 2.27. The summed E-state index contributed by atoms with van der Waals surface area (Å²) in [6, 6.07) is 3.96. The fraction of sp³-hybridized carbons (Fsp3) is 0.556. The molecule has 0 spiro atoms. The third kappa shape index (κ3) is 2.89. The minimum Gasteiger partial charge on any atom is -0.372 e. The van der Waals surface area contributed by atoms with E-state index in [2.05, 4.69) is 31.0 Å². The van der Waals surface area contributed by atoms with Crippen molar-refractivity contribution in [3.63, 3.8) is 0 Å². The van der Waals surface area contributed by atoms with Gasteiger partial charge in [0.1, 0.15) is 12.4 Å². The third-order valence-electron chi connectivity index (χ3n) is 5.38. The van der Waals surface area contributed by atoms with Gasteiger partial charge in [0.05, 0.1) is 18.0 Å². The quantitative estimate of drug-likeness (QED) is 0.711. The monoisotopic (exact) mass is 353 g/mol. The molecule has 136 valence electrons. The van der Waals surface area contributed by atoms with Crippen LogP contribution in [-0.4, -0.2) is 54.0 Å². The van der Waals surface area contributed by atoms with Crippen molar-refractivity contribution < 1.29 is 4.74 Å². The van der Waals surface area contributed by atoms with Crippen molar-refractivity contribution in [3.8, 4) is 0 Å². The Balaban J connectivity index is 1.25. The number of hydrogen-bond acceptors (Lipinski definition) is 6. The van der Waals surface area contributed by atoms with Gasteiger partial charge in [0, 0.05) is 25.2 Å². The van der Waals surface area contributed by atoms with Gasteiger partial charge in [-0.1, -0.05) is 0 Å². The van der Waals surface area contributed by atoms with Crippen LogP contribution in [0.15, 0.2) is 18.3 Å². The van der Waals surface area contributed by atoms with E-state index in [0.717, 1.165) is 74.3 Å². The summed E-state index contributed by atoms with van der Waals surface area (Å²) in [6.45, 7) is 7.33. The van der Waals surface area contributed by atoms with Gasteiger partial charge in [0.25, 0.3) is 0 Å². The normalized spacial score (nSPS) is 19.1. The lowest BCUT2D eigenvalue weighted by molar-refractivity contribution is 0.0816. The summed E-state index contributed by atoms with van der Waals surface area (Å²) in [5.41, 5.74) is 2.97. The first kappa shape index (κ1) is 15.9. The molecule has 5 rings (SSSR count). The Kier molecular flexibility index (Phi) is 3.94. The van der Waals surface area contributed by atoms with Crippen molar-refractivity contribution in [1.29, 1.82) is 0 Å². The summed E-state index contributed by atoms with van der Waals surface area (Å²) in [5, 5.41) is 13.3. The number of piperidine rings is 1. The minimum absolute atomic E-state index is 0.416. The first-order valence-electron chi connectivity index (χ1n) is 9.30. The molecule has 0 radical (unpaired) electrons. The molecule has 3 aromatic rings. The van der Waals surface area contributed by atoms with Gasteiger partial charge in [-0.3, -0.25) is 4.90 Å². The molecule has 0 bridgehead atoms. The molecule has 0 aliphatic carbocycles. The molecule has 8 nitrogen and oxygen atoms in total. The van der Waals surface area contributed by atoms with Crippen molar-refractivity contribution in [3.05, 3.63) is 41.4 Å². The zero-order chi connectivity index (χ0) is 17.5. The molecule has 2 aliphatic heterocycles. The Morgan fingerprint density at radius 2 is 2.04 bits per heavy atom. The van der Waals surface area contributed by atoms with Gasteiger partial charge in [0.15, 0.2) is 11.5 Å². The van der Waals surface area contributed by atoms with E-state index in [1.54, 1.807) is 0 Å². The molecule has 8 heteroatoms. The molecule has 5 heterocycles. The van der Waals surface area contributed by atoms with Gasteiger partial charge in [-0.15, -0.1) is 10.2 Å². The molecule has 0 unspecified atom stereocenters. The standard InChI is InChI=1S/C18H23N7O/c1-13-2-3-16-20-21-18(25(16)22-13)14-4-6-23(7-5-14)10-15-11-24-8-9-26-12-17(24)19-15/h2-3,11,14H,4-10,12H2,1H3. The van der Waals surface area contributed by atoms with E-state index in [4.69, 9.17) is 9.72 Å². The highest BCUT2D eigenvalue weighted by molar-refractivity contribution is 5.36. The largest absolute Gasteiger partial charge is 0.372 e. The molecule has 2 aliphatic rings. The van der Waals surface area contributed by atoms with Crippen LogP contribution in [0.3, 0.4) is 0 Å². The predicted molar refractivity (Wildman–Crippen MR) is 94.7 cm³/mol. The van der Waals surface area contributed by atoms with Gasteiger partial charge < -0.3 is 9.30 Å². The summed E-state index contributed by atoms with van der Waals surface area (Å²) < 4.78 is 9.62. The van der Waals surface area contributed by atoms with E-state index >= 15 is 0 Å². The lowest BCUT2D eigenvalue weighted by atomic mass is 9.96. The number of rotatable bonds is 3. The summed E-state index contributed by atoms with van der Waals surface area (Å²) >= 11 is 0. The van der Waals surface area contributed by atoms with Crippen LogP contribution in [0.25, 0.3) is 5.65 Å². The SMILES string of the molecule is Cc1ccc2nnc(C3CCN(Cc4cn5c(n4)COCC5)CC3)n2n1. The van der Waals surface area contributed by atoms with E-state index in [0.29, 0.717) is 12.5 Å². The predicted octanol–water partition coefficient (Wildman–Crippen LogP) is 1.54. The van der Waals surface area contributed by atoms with Crippen LogP contribution in [0, 0.1) is 6.92 Å². The second-order valence-electron chi connectivity index (χ2n) is 7.25. The molecular formula is C18H23N7O. The van der Waals surface area contributed by atoms with Crippen LogP contribution < -0.4 is 0 Å². The Morgan fingerprint density at radius 1 is 1.15 bits per heavy atom. The number of aryl methyl sites for hydroxylation is 1. The fourth-order valence-electron chi connectivity index (χ4n) is 3.95. The van der Waals surface area contributed by atoms with Gasteiger partial charge in [-0.2, -0.15) is 9.61 Å². The van der Waals surface area contributed by atoms with Gasteiger partial charge in [-0.25, -0.2) is 4.98 Å². The topological polar surface area (TPSA) is 73.4 Å².